The van der Waals surface area contributed by atoms with Gasteiger partial charge in [-0.15, -0.1) is 0 Å². The van der Waals surface area contributed by atoms with Crippen molar-refractivity contribution < 1.29 is 4.79 Å². The summed E-state index contributed by atoms with van der Waals surface area (Å²) in [6.45, 7) is 6.47. The molecule has 0 radical (unpaired) electrons. The van der Waals surface area contributed by atoms with Gasteiger partial charge in [-0.05, 0) is 41.3 Å². The summed E-state index contributed by atoms with van der Waals surface area (Å²) in [6, 6.07) is 17.4. The topological polar surface area (TPSA) is 42.0 Å². The number of carbonyl (C=O) groups excluding carboxylic acids is 1. The number of hydrogen-bond donors (Lipinski definition) is 1. The van der Waals surface area contributed by atoms with E-state index in [1.165, 1.54) is 5.56 Å². The van der Waals surface area contributed by atoms with E-state index in [4.69, 9.17) is 0 Å². The summed E-state index contributed by atoms with van der Waals surface area (Å²) in [5.74, 6) is -0.110. The number of amides is 1. The Morgan fingerprint density at radius 1 is 1.00 bits per heavy atom. The van der Waals surface area contributed by atoms with Crippen LogP contribution in [0.5, 0.6) is 0 Å². The molecule has 0 spiro atoms. The molecule has 0 unspecified atom stereocenters. The van der Waals surface area contributed by atoms with Crippen LogP contribution in [-0.2, 0) is 5.41 Å². The second-order valence-corrected chi connectivity index (χ2v) is 6.69. The molecule has 0 saturated carbocycles. The summed E-state index contributed by atoms with van der Waals surface area (Å²) in [4.78, 5) is 16.7. The largest absolute Gasteiger partial charge is 0.322 e. The highest BCUT2D eigenvalue weighted by atomic mass is 16.1. The average molecular weight is 304 g/mol. The minimum Gasteiger partial charge on any atom is -0.322 e. The Kier molecular flexibility index (Phi) is 3.87. The molecule has 0 saturated heterocycles. The van der Waals surface area contributed by atoms with Crippen molar-refractivity contribution >= 4 is 22.5 Å². The molecule has 1 heterocycles. The number of pyridine rings is 1. The van der Waals surface area contributed by atoms with Gasteiger partial charge in [0.05, 0.1) is 5.52 Å². The van der Waals surface area contributed by atoms with E-state index in [0.717, 1.165) is 16.6 Å². The van der Waals surface area contributed by atoms with E-state index in [1.807, 2.05) is 54.6 Å². The Hall–Kier alpha value is -2.68. The fourth-order valence-corrected chi connectivity index (χ4v) is 2.47. The summed E-state index contributed by atoms with van der Waals surface area (Å²) >= 11 is 0. The van der Waals surface area contributed by atoms with E-state index in [0.29, 0.717) is 5.56 Å². The molecular formula is C20H20N2O. The maximum absolute atomic E-state index is 12.4. The van der Waals surface area contributed by atoms with Crippen LogP contribution in [0.15, 0.2) is 60.8 Å². The van der Waals surface area contributed by atoms with Crippen molar-refractivity contribution in [2.75, 3.05) is 5.32 Å². The van der Waals surface area contributed by atoms with Crippen LogP contribution in [-0.4, -0.2) is 10.9 Å². The highest BCUT2D eigenvalue weighted by Gasteiger charge is 2.14. The van der Waals surface area contributed by atoms with Gasteiger partial charge in [0.2, 0.25) is 0 Å². The number of fused-ring (bicyclic) bond motifs is 1. The summed E-state index contributed by atoms with van der Waals surface area (Å²) in [5.41, 5.74) is 3.57. The van der Waals surface area contributed by atoms with Gasteiger partial charge in [-0.1, -0.05) is 45.0 Å². The van der Waals surface area contributed by atoms with Gasteiger partial charge in [-0.3, -0.25) is 9.78 Å². The van der Waals surface area contributed by atoms with E-state index in [-0.39, 0.29) is 11.3 Å². The van der Waals surface area contributed by atoms with E-state index >= 15 is 0 Å². The Labute approximate surface area is 136 Å². The highest BCUT2D eigenvalue weighted by Crippen LogP contribution is 2.23. The van der Waals surface area contributed by atoms with Crippen molar-refractivity contribution in [2.24, 2.45) is 0 Å². The molecule has 0 aliphatic rings. The monoisotopic (exact) mass is 304 g/mol. The first-order valence-electron chi connectivity index (χ1n) is 7.70. The number of benzene rings is 2. The van der Waals surface area contributed by atoms with Crippen LogP contribution in [0.4, 0.5) is 5.69 Å². The lowest BCUT2D eigenvalue weighted by molar-refractivity contribution is 0.102. The minimum absolute atomic E-state index is 0.0824. The Bertz CT molecular complexity index is 845. The minimum atomic E-state index is -0.110. The lowest BCUT2D eigenvalue weighted by Gasteiger charge is -2.19. The quantitative estimate of drug-likeness (QED) is 0.740. The molecule has 1 N–H and O–H groups in total. The zero-order valence-electron chi connectivity index (χ0n) is 13.6. The number of nitrogens with zero attached hydrogens (tertiary/aromatic N) is 1. The van der Waals surface area contributed by atoms with Gasteiger partial charge >= 0.3 is 0 Å². The van der Waals surface area contributed by atoms with Crippen LogP contribution in [0.25, 0.3) is 10.9 Å². The lowest BCUT2D eigenvalue weighted by atomic mass is 9.87. The number of hydrogen-bond acceptors (Lipinski definition) is 2. The van der Waals surface area contributed by atoms with E-state index in [9.17, 15) is 4.79 Å². The molecule has 0 bridgehead atoms. The van der Waals surface area contributed by atoms with Crippen LogP contribution in [0, 0.1) is 0 Å². The molecule has 3 aromatic rings. The van der Waals surface area contributed by atoms with Gasteiger partial charge in [0.15, 0.2) is 0 Å². The van der Waals surface area contributed by atoms with Gasteiger partial charge in [0.25, 0.3) is 5.91 Å². The summed E-state index contributed by atoms with van der Waals surface area (Å²) in [7, 11) is 0. The molecule has 3 nitrogen and oxygen atoms in total. The van der Waals surface area contributed by atoms with Crippen molar-refractivity contribution in [3.05, 3.63) is 71.9 Å². The third-order valence-electron chi connectivity index (χ3n) is 3.88. The fourth-order valence-electron chi connectivity index (χ4n) is 2.47. The Morgan fingerprint density at radius 2 is 1.74 bits per heavy atom. The van der Waals surface area contributed by atoms with Gasteiger partial charge in [0.1, 0.15) is 0 Å². The molecule has 0 aliphatic carbocycles. The van der Waals surface area contributed by atoms with Gasteiger partial charge in [0, 0.05) is 22.8 Å². The molecule has 1 aromatic heterocycles. The van der Waals surface area contributed by atoms with Gasteiger partial charge in [-0.25, -0.2) is 0 Å². The molecular weight excluding hydrogens is 284 g/mol. The maximum atomic E-state index is 12.4. The molecule has 2 aromatic carbocycles. The number of nitrogens with one attached hydrogen (secondary N) is 1. The van der Waals surface area contributed by atoms with Crippen molar-refractivity contribution in [1.82, 2.24) is 4.98 Å². The maximum Gasteiger partial charge on any atom is 0.255 e. The molecule has 0 atom stereocenters. The lowest BCUT2D eigenvalue weighted by Crippen LogP contribution is -2.14. The highest BCUT2D eigenvalue weighted by molar-refractivity contribution is 6.05. The first-order chi connectivity index (χ1) is 10.9. The second-order valence-electron chi connectivity index (χ2n) is 6.69. The third-order valence-corrected chi connectivity index (χ3v) is 3.88. The van der Waals surface area contributed by atoms with Crippen LogP contribution in [0.3, 0.4) is 0 Å². The number of aromatic nitrogens is 1. The fraction of sp³-hybridized carbons (Fsp3) is 0.200. The molecule has 116 valence electrons. The molecule has 3 heteroatoms. The molecule has 0 fully saturated rings. The molecule has 3 rings (SSSR count). The standard InChI is InChI=1S/C20H20N2O/c1-20(2,3)16-9-6-15(7-10-16)19(23)22-17-11-8-14-5-4-12-21-18(14)13-17/h4-13H,1-3H3,(H,22,23). The zero-order chi connectivity index (χ0) is 16.4. The first-order valence-corrected chi connectivity index (χ1v) is 7.70. The molecule has 1 amide bonds. The third kappa shape index (κ3) is 3.39. The van der Waals surface area contributed by atoms with Crippen molar-refractivity contribution in [1.29, 1.82) is 0 Å². The van der Waals surface area contributed by atoms with Crippen molar-refractivity contribution in [3.63, 3.8) is 0 Å². The SMILES string of the molecule is CC(C)(C)c1ccc(C(=O)Nc2ccc3cccnc3c2)cc1. The van der Waals surface area contributed by atoms with Crippen LogP contribution in [0.2, 0.25) is 0 Å². The summed E-state index contributed by atoms with van der Waals surface area (Å²) in [6.07, 6.45) is 1.75. The number of rotatable bonds is 2. The Balaban J connectivity index is 1.80. The average Bonchev–Trinajstić information content (AvgIpc) is 2.54. The molecule has 23 heavy (non-hydrogen) atoms. The Morgan fingerprint density at radius 3 is 2.43 bits per heavy atom. The first kappa shape index (κ1) is 15.2. The summed E-state index contributed by atoms with van der Waals surface area (Å²) < 4.78 is 0. The van der Waals surface area contributed by atoms with E-state index in [2.05, 4.69) is 31.1 Å². The van der Waals surface area contributed by atoms with Crippen molar-refractivity contribution in [3.8, 4) is 0 Å². The van der Waals surface area contributed by atoms with Crippen molar-refractivity contribution in [2.45, 2.75) is 26.2 Å². The predicted molar refractivity (Wildman–Crippen MR) is 94.8 cm³/mol. The van der Waals surface area contributed by atoms with Crippen LogP contribution < -0.4 is 5.32 Å². The van der Waals surface area contributed by atoms with Gasteiger partial charge in [-0.2, -0.15) is 0 Å². The molecule has 0 aliphatic heterocycles. The normalized spacial score (nSPS) is 11.4. The van der Waals surface area contributed by atoms with Gasteiger partial charge < -0.3 is 5.32 Å². The van der Waals surface area contributed by atoms with E-state index in [1.54, 1.807) is 6.20 Å². The number of carbonyl (C=O) groups is 1. The number of anilines is 1. The van der Waals surface area contributed by atoms with E-state index < -0.39 is 0 Å². The predicted octanol–water partition coefficient (Wildman–Crippen LogP) is 4.78. The second kappa shape index (κ2) is 5.84. The van der Waals surface area contributed by atoms with Crippen LogP contribution in [0.1, 0.15) is 36.7 Å². The smallest absolute Gasteiger partial charge is 0.255 e. The van der Waals surface area contributed by atoms with Crippen LogP contribution >= 0.6 is 0 Å². The summed E-state index contributed by atoms with van der Waals surface area (Å²) in [5, 5.41) is 3.99. The zero-order valence-corrected chi connectivity index (χ0v) is 13.6.